The summed E-state index contributed by atoms with van der Waals surface area (Å²) < 4.78 is 26.5. The van der Waals surface area contributed by atoms with E-state index in [2.05, 4.69) is 0 Å². The minimum absolute atomic E-state index is 0.104. The van der Waals surface area contributed by atoms with E-state index >= 15 is 0 Å². The summed E-state index contributed by atoms with van der Waals surface area (Å²) in [7, 11) is -1.76. The lowest BCUT2D eigenvalue weighted by molar-refractivity contribution is 0.285. The summed E-state index contributed by atoms with van der Waals surface area (Å²) in [6.45, 7) is 2.29. The van der Waals surface area contributed by atoms with E-state index in [-0.39, 0.29) is 6.61 Å². The molecule has 0 bridgehead atoms. The molecule has 0 aliphatic heterocycles. The Morgan fingerprint density at radius 2 is 2.05 bits per heavy atom. The van der Waals surface area contributed by atoms with Gasteiger partial charge in [0, 0.05) is 23.3 Å². The van der Waals surface area contributed by atoms with Gasteiger partial charge in [0.2, 0.25) is 10.0 Å². The first-order valence-electron chi connectivity index (χ1n) is 6.61. The quantitative estimate of drug-likeness (QED) is 0.908. The maximum atomic E-state index is 12.5. The fourth-order valence-corrected chi connectivity index (χ4v) is 5.39. The Morgan fingerprint density at radius 3 is 2.58 bits per heavy atom. The molecule has 0 radical (unpaired) electrons. The molecule has 0 spiro atoms. The van der Waals surface area contributed by atoms with Crippen molar-refractivity contribution in [3.8, 4) is 0 Å². The van der Waals surface area contributed by atoms with E-state index in [0.29, 0.717) is 22.2 Å². The Bertz CT molecular complexity index is 530. The van der Waals surface area contributed by atoms with Gasteiger partial charge in [-0.2, -0.15) is 0 Å². The molecule has 1 heterocycles. The highest BCUT2D eigenvalue weighted by atomic mass is 32.2. The van der Waals surface area contributed by atoms with Crippen LogP contribution in [0.15, 0.2) is 11.0 Å². The summed E-state index contributed by atoms with van der Waals surface area (Å²) in [5.41, 5.74) is 0. The Labute approximate surface area is 119 Å². The summed E-state index contributed by atoms with van der Waals surface area (Å²) in [5, 5.41) is 9.11. The molecule has 1 fully saturated rings. The van der Waals surface area contributed by atoms with Crippen LogP contribution in [0.2, 0.25) is 0 Å². The molecule has 6 heteroatoms. The minimum Gasteiger partial charge on any atom is -0.391 e. The summed E-state index contributed by atoms with van der Waals surface area (Å²) in [6.07, 6.45) is 4.68. The van der Waals surface area contributed by atoms with Gasteiger partial charge < -0.3 is 5.11 Å². The Morgan fingerprint density at radius 1 is 1.42 bits per heavy atom. The highest BCUT2D eigenvalue weighted by molar-refractivity contribution is 7.89. The molecule has 0 amide bonds. The molecule has 1 aliphatic rings. The van der Waals surface area contributed by atoms with E-state index in [9.17, 15) is 8.42 Å². The van der Waals surface area contributed by atoms with E-state index in [1.54, 1.807) is 20.0 Å². The van der Waals surface area contributed by atoms with E-state index in [0.717, 1.165) is 17.7 Å². The van der Waals surface area contributed by atoms with Gasteiger partial charge in [0.25, 0.3) is 0 Å². The van der Waals surface area contributed by atoms with E-state index < -0.39 is 10.0 Å². The minimum atomic E-state index is -3.41. The SMILES string of the molecule is Cc1sc(CO)cc1S(=O)(=O)N(C)CC1CCCC1. The molecule has 1 aliphatic carbocycles. The Kier molecular flexibility index (Phi) is 4.66. The zero-order valence-electron chi connectivity index (χ0n) is 11.4. The predicted octanol–water partition coefficient (Wildman–Crippen LogP) is 2.36. The van der Waals surface area contributed by atoms with Crippen LogP contribution in [0.1, 0.15) is 35.4 Å². The van der Waals surface area contributed by atoms with Crippen molar-refractivity contribution in [2.24, 2.45) is 5.92 Å². The normalized spacial score (nSPS) is 17.5. The van der Waals surface area contributed by atoms with E-state index in [1.807, 2.05) is 0 Å². The molecule has 2 rings (SSSR count). The average molecular weight is 303 g/mol. The second kappa shape index (κ2) is 5.91. The summed E-state index contributed by atoms with van der Waals surface area (Å²) in [6, 6.07) is 1.60. The average Bonchev–Trinajstić information content (AvgIpc) is 2.98. The molecule has 0 saturated heterocycles. The third-order valence-electron chi connectivity index (χ3n) is 3.76. The van der Waals surface area contributed by atoms with Crippen LogP contribution in [0.3, 0.4) is 0 Å². The standard InChI is InChI=1S/C13H21NO3S2/c1-10-13(7-12(9-15)18-10)19(16,17)14(2)8-11-5-3-4-6-11/h7,11,15H,3-6,8-9H2,1-2H3. The Balaban J connectivity index is 2.17. The van der Waals surface area contributed by atoms with Gasteiger partial charge in [0.1, 0.15) is 0 Å². The summed E-state index contributed by atoms with van der Waals surface area (Å²) in [4.78, 5) is 1.80. The van der Waals surface area contributed by atoms with Gasteiger partial charge >= 0.3 is 0 Å². The van der Waals surface area contributed by atoms with Crippen molar-refractivity contribution in [2.45, 2.75) is 44.1 Å². The number of nitrogens with zero attached hydrogens (tertiary/aromatic N) is 1. The molecule has 1 saturated carbocycles. The van der Waals surface area contributed by atoms with Crippen molar-refractivity contribution >= 4 is 21.4 Å². The van der Waals surface area contributed by atoms with Crippen molar-refractivity contribution in [1.29, 1.82) is 0 Å². The Hall–Kier alpha value is -0.430. The largest absolute Gasteiger partial charge is 0.391 e. The number of hydrogen-bond acceptors (Lipinski definition) is 4. The van der Waals surface area contributed by atoms with Gasteiger partial charge in [0.15, 0.2) is 0 Å². The molecule has 4 nitrogen and oxygen atoms in total. The van der Waals surface area contributed by atoms with Crippen LogP contribution in [-0.4, -0.2) is 31.4 Å². The summed E-state index contributed by atoms with van der Waals surface area (Å²) >= 11 is 1.35. The van der Waals surface area contributed by atoms with E-state index in [1.165, 1.54) is 28.5 Å². The van der Waals surface area contributed by atoms with Crippen molar-refractivity contribution in [2.75, 3.05) is 13.6 Å². The first-order valence-corrected chi connectivity index (χ1v) is 8.87. The van der Waals surface area contributed by atoms with Crippen LogP contribution in [0.25, 0.3) is 0 Å². The molecular weight excluding hydrogens is 282 g/mol. The zero-order chi connectivity index (χ0) is 14.0. The number of hydrogen-bond donors (Lipinski definition) is 1. The van der Waals surface area contributed by atoms with Crippen LogP contribution in [0.4, 0.5) is 0 Å². The van der Waals surface area contributed by atoms with Gasteiger partial charge in [0.05, 0.1) is 11.5 Å². The lowest BCUT2D eigenvalue weighted by Gasteiger charge is -2.20. The number of thiophene rings is 1. The van der Waals surface area contributed by atoms with Gasteiger partial charge in [-0.25, -0.2) is 12.7 Å². The molecular formula is C13H21NO3S2. The van der Waals surface area contributed by atoms with Crippen molar-refractivity contribution < 1.29 is 13.5 Å². The number of aliphatic hydroxyl groups excluding tert-OH is 1. The molecule has 1 N–H and O–H groups in total. The molecule has 1 aromatic rings. The first-order chi connectivity index (χ1) is 8.95. The lowest BCUT2D eigenvalue weighted by Crippen LogP contribution is -2.31. The highest BCUT2D eigenvalue weighted by Crippen LogP contribution is 2.30. The van der Waals surface area contributed by atoms with Crippen LogP contribution >= 0.6 is 11.3 Å². The molecule has 19 heavy (non-hydrogen) atoms. The first kappa shape index (κ1) is 15.0. The molecule has 1 aromatic heterocycles. The van der Waals surface area contributed by atoms with Gasteiger partial charge in [-0.1, -0.05) is 12.8 Å². The van der Waals surface area contributed by atoms with Crippen LogP contribution < -0.4 is 0 Å². The number of aliphatic hydroxyl groups is 1. The molecule has 108 valence electrons. The predicted molar refractivity (Wildman–Crippen MR) is 76.8 cm³/mol. The summed E-state index contributed by atoms with van der Waals surface area (Å²) in [5.74, 6) is 0.496. The van der Waals surface area contributed by atoms with Crippen molar-refractivity contribution in [1.82, 2.24) is 4.31 Å². The maximum absolute atomic E-state index is 12.5. The maximum Gasteiger partial charge on any atom is 0.243 e. The van der Waals surface area contributed by atoms with Crippen LogP contribution in [0, 0.1) is 12.8 Å². The van der Waals surface area contributed by atoms with Gasteiger partial charge in [-0.15, -0.1) is 11.3 Å². The second-order valence-corrected chi connectivity index (χ2v) is 8.58. The van der Waals surface area contributed by atoms with Crippen molar-refractivity contribution in [3.63, 3.8) is 0 Å². The van der Waals surface area contributed by atoms with Crippen LogP contribution in [0.5, 0.6) is 0 Å². The van der Waals surface area contributed by atoms with Crippen molar-refractivity contribution in [3.05, 3.63) is 15.8 Å². The lowest BCUT2D eigenvalue weighted by atomic mass is 10.1. The number of sulfonamides is 1. The third kappa shape index (κ3) is 3.18. The number of aryl methyl sites for hydroxylation is 1. The molecule has 0 atom stereocenters. The fraction of sp³-hybridized carbons (Fsp3) is 0.692. The third-order valence-corrected chi connectivity index (χ3v) is 6.87. The second-order valence-electron chi connectivity index (χ2n) is 5.23. The van der Waals surface area contributed by atoms with Gasteiger partial charge in [-0.3, -0.25) is 0 Å². The fourth-order valence-electron chi connectivity index (χ4n) is 2.68. The molecule has 0 unspecified atom stereocenters. The van der Waals surface area contributed by atoms with E-state index in [4.69, 9.17) is 5.11 Å². The smallest absolute Gasteiger partial charge is 0.243 e. The highest BCUT2D eigenvalue weighted by Gasteiger charge is 2.27. The number of rotatable bonds is 5. The zero-order valence-corrected chi connectivity index (χ0v) is 13.1. The monoisotopic (exact) mass is 303 g/mol. The van der Waals surface area contributed by atoms with Gasteiger partial charge in [-0.05, 0) is 31.7 Å². The topological polar surface area (TPSA) is 57.6 Å². The molecule has 0 aromatic carbocycles. The van der Waals surface area contributed by atoms with Crippen LogP contribution in [-0.2, 0) is 16.6 Å².